The Morgan fingerprint density at radius 1 is 1.19 bits per heavy atom. The highest BCUT2D eigenvalue weighted by Crippen LogP contribution is 2.39. The first-order valence-electron chi connectivity index (χ1n) is 10.8. The molecule has 1 aromatic heterocycles. The maximum Gasteiger partial charge on any atom is 0.256 e. The van der Waals surface area contributed by atoms with E-state index in [1.165, 1.54) is 11.3 Å². The number of nitrogens with two attached hydrogens (primary N) is 1. The number of hydrogen-bond acceptors (Lipinski definition) is 5. The van der Waals surface area contributed by atoms with E-state index < -0.39 is 0 Å². The number of fused-ring (bicyclic) bond motifs is 1. The standard InChI is InChI=1S/C24H27ClN4O2S/c1-13-4-5-16(6-20(13)25)21(7-22(27)30)28-9-17-11-29(12-18(17)10-28)24(31)23-15(3)32-14(2)19(23)8-26/h4-6,17-18,21H,7,9-12H2,1-3H3,(H2,27,30). The molecule has 0 radical (unpaired) electrons. The molecule has 168 valence electrons. The monoisotopic (exact) mass is 470 g/mol. The minimum Gasteiger partial charge on any atom is -0.370 e. The highest BCUT2D eigenvalue weighted by Gasteiger charge is 2.44. The van der Waals surface area contributed by atoms with Gasteiger partial charge in [-0.3, -0.25) is 14.5 Å². The minimum absolute atomic E-state index is 0.0386. The zero-order chi connectivity index (χ0) is 23.2. The summed E-state index contributed by atoms with van der Waals surface area (Å²) in [6, 6.07) is 8.01. The van der Waals surface area contributed by atoms with Crippen LogP contribution in [0.15, 0.2) is 18.2 Å². The Hall–Kier alpha value is -2.40. The van der Waals surface area contributed by atoms with Gasteiger partial charge in [0.1, 0.15) is 6.07 Å². The molecule has 1 aromatic carbocycles. The predicted molar refractivity (Wildman–Crippen MR) is 126 cm³/mol. The topological polar surface area (TPSA) is 90.4 Å². The molecule has 3 unspecified atom stereocenters. The zero-order valence-corrected chi connectivity index (χ0v) is 20.1. The van der Waals surface area contributed by atoms with Crippen LogP contribution in [0.1, 0.15) is 49.3 Å². The highest BCUT2D eigenvalue weighted by molar-refractivity contribution is 7.12. The van der Waals surface area contributed by atoms with Gasteiger partial charge < -0.3 is 10.6 Å². The lowest BCUT2D eigenvalue weighted by Gasteiger charge is -2.29. The van der Waals surface area contributed by atoms with Crippen LogP contribution < -0.4 is 5.73 Å². The number of primary amides is 1. The van der Waals surface area contributed by atoms with E-state index in [-0.39, 0.29) is 24.3 Å². The fourth-order valence-corrected chi connectivity index (χ4v) is 6.34. The van der Waals surface area contributed by atoms with Gasteiger partial charge in [-0.15, -0.1) is 11.3 Å². The van der Waals surface area contributed by atoms with Crippen molar-refractivity contribution in [2.24, 2.45) is 17.6 Å². The van der Waals surface area contributed by atoms with Crippen LogP contribution in [-0.4, -0.2) is 47.8 Å². The van der Waals surface area contributed by atoms with Gasteiger partial charge in [-0.1, -0.05) is 23.7 Å². The molecule has 32 heavy (non-hydrogen) atoms. The fraction of sp³-hybridized carbons (Fsp3) is 0.458. The smallest absolute Gasteiger partial charge is 0.256 e. The number of nitrogens with zero attached hydrogens (tertiary/aromatic N) is 3. The Bertz CT molecular complexity index is 1110. The van der Waals surface area contributed by atoms with Gasteiger partial charge in [0.15, 0.2) is 0 Å². The lowest BCUT2D eigenvalue weighted by Crippen LogP contribution is -2.36. The number of hydrogen-bond donors (Lipinski definition) is 1. The van der Waals surface area contributed by atoms with Crippen molar-refractivity contribution in [2.75, 3.05) is 26.2 Å². The van der Waals surface area contributed by atoms with Crippen LogP contribution in [-0.2, 0) is 4.79 Å². The molecular weight excluding hydrogens is 444 g/mol. The number of likely N-dealkylation sites (tertiary alicyclic amines) is 2. The maximum atomic E-state index is 13.2. The van der Waals surface area contributed by atoms with Crippen LogP contribution in [0, 0.1) is 43.9 Å². The van der Waals surface area contributed by atoms with E-state index in [1.54, 1.807) is 0 Å². The second kappa shape index (κ2) is 8.86. The summed E-state index contributed by atoms with van der Waals surface area (Å²) in [5, 5.41) is 10.2. The molecule has 4 rings (SSSR count). The summed E-state index contributed by atoms with van der Waals surface area (Å²) >= 11 is 7.85. The second-order valence-electron chi connectivity index (χ2n) is 8.96. The van der Waals surface area contributed by atoms with Gasteiger partial charge >= 0.3 is 0 Å². The lowest BCUT2D eigenvalue weighted by molar-refractivity contribution is -0.119. The van der Waals surface area contributed by atoms with Gasteiger partial charge in [0, 0.05) is 53.4 Å². The van der Waals surface area contributed by atoms with E-state index in [0.29, 0.717) is 41.1 Å². The number of carbonyl (C=O) groups excluding carboxylic acids is 2. The van der Waals surface area contributed by atoms with Crippen molar-refractivity contribution in [3.8, 4) is 6.07 Å². The molecule has 0 saturated carbocycles. The van der Waals surface area contributed by atoms with Crippen molar-refractivity contribution in [2.45, 2.75) is 33.2 Å². The van der Waals surface area contributed by atoms with Gasteiger partial charge in [0.05, 0.1) is 11.1 Å². The Morgan fingerprint density at radius 2 is 1.84 bits per heavy atom. The minimum atomic E-state index is -0.340. The van der Waals surface area contributed by atoms with Gasteiger partial charge in [-0.25, -0.2) is 0 Å². The predicted octanol–water partition coefficient (Wildman–Crippen LogP) is 3.82. The molecule has 2 aliphatic rings. The lowest BCUT2D eigenvalue weighted by atomic mass is 10.0. The number of thiophene rings is 1. The van der Waals surface area contributed by atoms with E-state index in [0.717, 1.165) is 34.0 Å². The van der Waals surface area contributed by atoms with Crippen LogP contribution in [0.25, 0.3) is 0 Å². The number of halogens is 1. The number of carbonyl (C=O) groups is 2. The number of amides is 2. The van der Waals surface area contributed by atoms with Gasteiger partial charge in [-0.2, -0.15) is 5.26 Å². The molecule has 0 aliphatic carbocycles. The summed E-state index contributed by atoms with van der Waals surface area (Å²) in [6.45, 7) is 8.67. The molecule has 0 spiro atoms. The van der Waals surface area contributed by atoms with Gasteiger partial charge in [0.25, 0.3) is 5.91 Å². The van der Waals surface area contributed by atoms with E-state index in [9.17, 15) is 14.9 Å². The van der Waals surface area contributed by atoms with Crippen molar-refractivity contribution in [1.29, 1.82) is 5.26 Å². The number of nitriles is 1. The zero-order valence-electron chi connectivity index (χ0n) is 18.5. The van der Waals surface area contributed by atoms with Gasteiger partial charge in [0.2, 0.25) is 5.91 Å². The van der Waals surface area contributed by atoms with E-state index in [4.69, 9.17) is 17.3 Å². The van der Waals surface area contributed by atoms with Crippen LogP contribution in [0.3, 0.4) is 0 Å². The molecular formula is C24H27ClN4O2S. The molecule has 3 atom stereocenters. The molecule has 8 heteroatoms. The first kappa shape index (κ1) is 22.8. The normalized spacial score (nSPS) is 21.4. The van der Waals surface area contributed by atoms with Gasteiger partial charge in [-0.05, 0) is 49.8 Å². The number of aryl methyl sites for hydroxylation is 3. The summed E-state index contributed by atoms with van der Waals surface area (Å²) in [7, 11) is 0. The Balaban J connectivity index is 1.50. The third-order valence-electron chi connectivity index (χ3n) is 6.80. The molecule has 2 saturated heterocycles. The first-order chi connectivity index (χ1) is 15.2. The molecule has 2 N–H and O–H groups in total. The summed E-state index contributed by atoms with van der Waals surface area (Å²) < 4.78 is 0. The average Bonchev–Trinajstić information content (AvgIpc) is 3.38. The molecule has 2 amide bonds. The fourth-order valence-electron chi connectivity index (χ4n) is 5.15. The van der Waals surface area contributed by atoms with Crippen LogP contribution in [0.2, 0.25) is 5.02 Å². The molecule has 2 fully saturated rings. The van der Waals surface area contributed by atoms with Crippen molar-refractivity contribution < 1.29 is 9.59 Å². The maximum absolute atomic E-state index is 13.2. The molecule has 2 aliphatic heterocycles. The van der Waals surface area contributed by atoms with E-state index in [1.807, 2.05) is 43.9 Å². The highest BCUT2D eigenvalue weighted by atomic mass is 35.5. The van der Waals surface area contributed by atoms with Crippen molar-refractivity contribution in [3.63, 3.8) is 0 Å². The SMILES string of the molecule is Cc1ccc(C(CC(N)=O)N2CC3CN(C(=O)c4c(C)sc(C)c4C#N)CC3C2)cc1Cl. The Kier molecular flexibility index (Phi) is 6.30. The Morgan fingerprint density at radius 3 is 2.41 bits per heavy atom. The number of rotatable bonds is 5. The molecule has 0 bridgehead atoms. The van der Waals surface area contributed by atoms with Crippen molar-refractivity contribution in [1.82, 2.24) is 9.80 Å². The second-order valence-corrected chi connectivity index (χ2v) is 10.8. The summed E-state index contributed by atoms with van der Waals surface area (Å²) in [6.07, 6.45) is 0.236. The van der Waals surface area contributed by atoms with Crippen molar-refractivity contribution in [3.05, 3.63) is 55.2 Å². The van der Waals surface area contributed by atoms with Crippen LogP contribution in [0.5, 0.6) is 0 Å². The van der Waals surface area contributed by atoms with E-state index >= 15 is 0 Å². The van der Waals surface area contributed by atoms with E-state index in [2.05, 4.69) is 11.0 Å². The van der Waals surface area contributed by atoms with Crippen LogP contribution >= 0.6 is 22.9 Å². The molecule has 2 aromatic rings. The van der Waals surface area contributed by atoms with Crippen LogP contribution in [0.4, 0.5) is 0 Å². The summed E-state index contributed by atoms with van der Waals surface area (Å²) in [5.74, 6) is 0.290. The third-order valence-corrected chi connectivity index (χ3v) is 8.23. The quantitative estimate of drug-likeness (QED) is 0.719. The van der Waals surface area contributed by atoms with Crippen molar-refractivity contribution >= 4 is 34.8 Å². The molecule has 3 heterocycles. The summed E-state index contributed by atoms with van der Waals surface area (Å²) in [4.78, 5) is 31.1. The Labute approximate surface area is 197 Å². The third kappa shape index (κ3) is 4.15. The average molecular weight is 471 g/mol. The first-order valence-corrected chi connectivity index (χ1v) is 12.0. The summed E-state index contributed by atoms with van der Waals surface area (Å²) in [5.41, 5.74) is 8.64. The largest absolute Gasteiger partial charge is 0.370 e. The molecule has 6 nitrogen and oxygen atoms in total. The number of benzene rings is 1.